The molecule has 2 heterocycles. The van der Waals surface area contributed by atoms with E-state index in [1.54, 1.807) is 0 Å². The normalized spacial score (nSPS) is 29.3. The van der Waals surface area contributed by atoms with Crippen molar-refractivity contribution < 1.29 is 0 Å². The Kier molecular flexibility index (Phi) is 3.23. The average Bonchev–Trinajstić information content (AvgIpc) is 2.20. The Morgan fingerprint density at radius 3 is 2.08 bits per heavy atom. The number of piperidine rings is 2. The predicted octanol–water partition coefficient (Wildman–Crippen LogP) is 1.34. The molecule has 2 aliphatic rings. The van der Waals surface area contributed by atoms with E-state index in [4.69, 9.17) is 0 Å². The van der Waals surface area contributed by atoms with E-state index in [9.17, 15) is 0 Å². The van der Waals surface area contributed by atoms with Gasteiger partial charge in [-0.15, -0.1) is 0 Å². The van der Waals surface area contributed by atoms with Gasteiger partial charge in [0, 0.05) is 13.1 Å². The fourth-order valence-electron chi connectivity index (χ4n) is 2.74. The first-order valence-electron chi connectivity index (χ1n) is 5.68. The summed E-state index contributed by atoms with van der Waals surface area (Å²) in [5, 5.41) is 4.43. The summed E-state index contributed by atoms with van der Waals surface area (Å²) in [7, 11) is 2.24. The second-order valence-corrected chi connectivity index (χ2v) is 4.65. The minimum atomic E-state index is 1.01. The minimum Gasteiger partial charge on any atom is -0.306 e. The van der Waals surface area contributed by atoms with Crippen LogP contribution in [0, 0.1) is 11.8 Å². The number of likely N-dealkylation sites (tertiary alicyclic amines) is 1. The zero-order valence-corrected chi connectivity index (χ0v) is 8.71. The van der Waals surface area contributed by atoms with Crippen molar-refractivity contribution >= 4 is 0 Å². The molecule has 2 saturated heterocycles. The number of hydrogen-bond acceptors (Lipinski definition) is 1. The van der Waals surface area contributed by atoms with Gasteiger partial charge in [0.15, 0.2) is 0 Å². The van der Waals surface area contributed by atoms with Crippen molar-refractivity contribution in [3.63, 3.8) is 0 Å². The maximum absolute atomic E-state index is 4.43. The van der Waals surface area contributed by atoms with Crippen LogP contribution in [0.3, 0.4) is 0 Å². The fraction of sp³-hybridized carbons (Fsp3) is 1.00. The topological polar surface area (TPSA) is 17.3 Å². The van der Waals surface area contributed by atoms with Gasteiger partial charge < -0.3 is 4.90 Å². The first kappa shape index (κ1) is 9.47. The Morgan fingerprint density at radius 1 is 0.923 bits per heavy atom. The van der Waals surface area contributed by atoms with Gasteiger partial charge in [-0.25, -0.2) is 5.32 Å². The van der Waals surface area contributed by atoms with Crippen molar-refractivity contribution in [1.82, 2.24) is 10.2 Å². The molecule has 0 saturated carbocycles. The fourth-order valence-corrected chi connectivity index (χ4v) is 2.74. The van der Waals surface area contributed by atoms with Gasteiger partial charge in [-0.3, -0.25) is 0 Å². The number of nitrogens with zero attached hydrogens (tertiary/aromatic N) is 2. The lowest BCUT2D eigenvalue weighted by atomic mass is 9.79. The third kappa shape index (κ3) is 2.44. The lowest BCUT2D eigenvalue weighted by Crippen LogP contribution is -2.36. The van der Waals surface area contributed by atoms with Crippen LogP contribution in [0.1, 0.15) is 25.7 Å². The molecule has 0 N–H and O–H groups in total. The molecule has 0 unspecified atom stereocenters. The van der Waals surface area contributed by atoms with Gasteiger partial charge >= 0.3 is 0 Å². The Hall–Kier alpha value is -0.0800. The zero-order chi connectivity index (χ0) is 9.10. The molecule has 2 heteroatoms. The van der Waals surface area contributed by atoms with Crippen molar-refractivity contribution in [2.24, 2.45) is 11.8 Å². The second kappa shape index (κ2) is 4.43. The molecule has 13 heavy (non-hydrogen) atoms. The molecular weight excluding hydrogens is 160 g/mol. The molecule has 0 aliphatic carbocycles. The van der Waals surface area contributed by atoms with Crippen molar-refractivity contribution in [2.45, 2.75) is 25.7 Å². The van der Waals surface area contributed by atoms with Gasteiger partial charge in [0.2, 0.25) is 0 Å². The summed E-state index contributed by atoms with van der Waals surface area (Å²) in [6.45, 7) is 4.91. The maximum Gasteiger partial charge on any atom is 0.0136 e. The largest absolute Gasteiger partial charge is 0.306 e. The van der Waals surface area contributed by atoms with E-state index in [1.165, 1.54) is 38.8 Å². The van der Waals surface area contributed by atoms with Gasteiger partial charge in [0.05, 0.1) is 0 Å². The van der Waals surface area contributed by atoms with Crippen LogP contribution in [0.15, 0.2) is 0 Å². The highest BCUT2D eigenvalue weighted by atomic mass is 15.1. The third-order valence-electron chi connectivity index (χ3n) is 3.75. The standard InChI is InChI=1S/C11H21N2/c1-13-8-4-11(5-9-13)10-2-6-12-7-3-10/h10-11H,2-9H2,1H3. The van der Waals surface area contributed by atoms with Crippen LogP contribution in [-0.4, -0.2) is 38.1 Å². The SMILES string of the molecule is CN1CCC(C2CC[N]CC2)CC1. The summed E-state index contributed by atoms with van der Waals surface area (Å²) in [5.41, 5.74) is 0. The van der Waals surface area contributed by atoms with E-state index in [2.05, 4.69) is 17.3 Å². The van der Waals surface area contributed by atoms with Gasteiger partial charge in [-0.1, -0.05) is 0 Å². The third-order valence-corrected chi connectivity index (χ3v) is 3.75. The molecule has 2 aliphatic heterocycles. The van der Waals surface area contributed by atoms with E-state index in [0.717, 1.165) is 24.9 Å². The van der Waals surface area contributed by atoms with Crippen molar-refractivity contribution in [3.05, 3.63) is 0 Å². The molecule has 0 atom stereocenters. The summed E-state index contributed by atoms with van der Waals surface area (Å²) >= 11 is 0. The zero-order valence-electron chi connectivity index (χ0n) is 8.71. The van der Waals surface area contributed by atoms with Crippen molar-refractivity contribution in [1.29, 1.82) is 0 Å². The predicted molar refractivity (Wildman–Crippen MR) is 54.8 cm³/mol. The summed E-state index contributed by atoms with van der Waals surface area (Å²) in [4.78, 5) is 2.46. The van der Waals surface area contributed by atoms with Crippen LogP contribution in [0.25, 0.3) is 0 Å². The molecular formula is C11H21N2. The maximum atomic E-state index is 4.43. The molecule has 0 bridgehead atoms. The van der Waals surface area contributed by atoms with Crippen molar-refractivity contribution in [3.8, 4) is 0 Å². The monoisotopic (exact) mass is 181 g/mol. The lowest BCUT2D eigenvalue weighted by molar-refractivity contribution is 0.148. The first-order valence-corrected chi connectivity index (χ1v) is 5.68. The van der Waals surface area contributed by atoms with E-state index >= 15 is 0 Å². The van der Waals surface area contributed by atoms with Crippen LogP contribution in [0.5, 0.6) is 0 Å². The average molecular weight is 181 g/mol. The highest BCUT2D eigenvalue weighted by Crippen LogP contribution is 2.30. The van der Waals surface area contributed by atoms with Gasteiger partial charge in [0.1, 0.15) is 0 Å². The smallest absolute Gasteiger partial charge is 0.0136 e. The Labute approximate surface area is 81.7 Å². The second-order valence-electron chi connectivity index (χ2n) is 4.65. The van der Waals surface area contributed by atoms with Gasteiger partial charge in [-0.2, -0.15) is 0 Å². The molecule has 0 aromatic rings. The van der Waals surface area contributed by atoms with E-state index in [-0.39, 0.29) is 0 Å². The molecule has 0 aromatic heterocycles. The number of hydrogen-bond donors (Lipinski definition) is 0. The Balaban J connectivity index is 1.79. The van der Waals surface area contributed by atoms with Crippen molar-refractivity contribution in [2.75, 3.05) is 33.2 Å². The molecule has 2 fully saturated rings. The molecule has 0 spiro atoms. The quantitative estimate of drug-likeness (QED) is 0.597. The van der Waals surface area contributed by atoms with Gasteiger partial charge in [-0.05, 0) is 57.7 Å². The van der Waals surface area contributed by atoms with E-state index in [1.807, 2.05) is 0 Å². The van der Waals surface area contributed by atoms with Crippen LogP contribution in [-0.2, 0) is 0 Å². The highest BCUT2D eigenvalue weighted by Gasteiger charge is 2.26. The molecule has 0 amide bonds. The summed E-state index contributed by atoms with van der Waals surface area (Å²) in [6.07, 6.45) is 5.60. The number of rotatable bonds is 1. The van der Waals surface area contributed by atoms with Gasteiger partial charge in [0.25, 0.3) is 0 Å². The van der Waals surface area contributed by atoms with Crippen LogP contribution >= 0.6 is 0 Å². The Morgan fingerprint density at radius 2 is 1.46 bits per heavy atom. The highest BCUT2D eigenvalue weighted by molar-refractivity contribution is 4.79. The first-order chi connectivity index (χ1) is 6.36. The van der Waals surface area contributed by atoms with E-state index in [0.29, 0.717) is 0 Å². The summed E-state index contributed by atoms with van der Waals surface area (Å²) < 4.78 is 0. The summed E-state index contributed by atoms with van der Waals surface area (Å²) in [5.74, 6) is 2.03. The summed E-state index contributed by atoms with van der Waals surface area (Å²) in [6, 6.07) is 0. The molecule has 75 valence electrons. The van der Waals surface area contributed by atoms with Crippen LogP contribution < -0.4 is 5.32 Å². The van der Waals surface area contributed by atoms with E-state index < -0.39 is 0 Å². The molecule has 2 nitrogen and oxygen atoms in total. The van der Waals surface area contributed by atoms with Crippen LogP contribution in [0.4, 0.5) is 0 Å². The Bertz CT molecular complexity index is 144. The van der Waals surface area contributed by atoms with Crippen LogP contribution in [0.2, 0.25) is 0 Å². The lowest BCUT2D eigenvalue weighted by Gasteiger charge is -2.36. The molecule has 2 rings (SSSR count). The molecule has 1 radical (unpaired) electrons. The minimum absolute atomic E-state index is 1.01. The molecule has 0 aromatic carbocycles.